The van der Waals surface area contributed by atoms with E-state index in [1.165, 1.54) is 12.1 Å². The lowest BCUT2D eigenvalue weighted by molar-refractivity contribution is 0.102. The van der Waals surface area contributed by atoms with E-state index in [4.69, 9.17) is 4.42 Å². The quantitative estimate of drug-likeness (QED) is 0.379. The van der Waals surface area contributed by atoms with Crippen molar-refractivity contribution in [1.82, 2.24) is 0 Å². The van der Waals surface area contributed by atoms with Crippen LogP contribution in [0.15, 0.2) is 92.9 Å². The number of aromatic hydroxyl groups is 1. The molecule has 1 amide bonds. The SMILES string of the molecule is O=C(Nc1cccc(Br)c1)c1cc2ccc(O)cc2o/c1=N/Nc1ccccc1. The van der Waals surface area contributed by atoms with Gasteiger partial charge in [0.25, 0.3) is 5.91 Å². The molecule has 29 heavy (non-hydrogen) atoms. The number of fused-ring (bicyclic) bond motifs is 1. The maximum Gasteiger partial charge on any atom is 0.261 e. The third-order valence-electron chi connectivity index (χ3n) is 4.12. The number of phenols is 1. The van der Waals surface area contributed by atoms with Crippen LogP contribution in [-0.2, 0) is 0 Å². The molecule has 0 atom stereocenters. The minimum Gasteiger partial charge on any atom is -0.508 e. The molecule has 3 aromatic carbocycles. The fourth-order valence-electron chi connectivity index (χ4n) is 2.75. The minimum atomic E-state index is -0.365. The molecular formula is C22H16BrN3O3. The van der Waals surface area contributed by atoms with Crippen molar-refractivity contribution in [3.8, 4) is 5.75 Å². The van der Waals surface area contributed by atoms with Crippen LogP contribution in [-0.4, -0.2) is 11.0 Å². The van der Waals surface area contributed by atoms with Crippen molar-refractivity contribution in [1.29, 1.82) is 0 Å². The number of hydrogen-bond donors (Lipinski definition) is 3. The number of phenolic OH excluding ortho intramolecular Hbond substituents is 1. The third-order valence-corrected chi connectivity index (χ3v) is 4.61. The number of halogens is 1. The lowest BCUT2D eigenvalue weighted by Gasteiger charge is -2.08. The summed E-state index contributed by atoms with van der Waals surface area (Å²) in [5, 5.41) is 17.5. The van der Waals surface area contributed by atoms with Gasteiger partial charge in [0.05, 0.1) is 5.69 Å². The zero-order valence-corrected chi connectivity index (χ0v) is 16.7. The van der Waals surface area contributed by atoms with Crippen LogP contribution >= 0.6 is 15.9 Å². The number of amides is 1. The van der Waals surface area contributed by atoms with Gasteiger partial charge in [-0.05, 0) is 48.5 Å². The molecule has 4 rings (SSSR count). The predicted molar refractivity (Wildman–Crippen MR) is 116 cm³/mol. The summed E-state index contributed by atoms with van der Waals surface area (Å²) in [6.07, 6.45) is 0. The van der Waals surface area contributed by atoms with E-state index in [1.54, 1.807) is 24.3 Å². The van der Waals surface area contributed by atoms with E-state index in [0.717, 1.165) is 10.2 Å². The summed E-state index contributed by atoms with van der Waals surface area (Å²) in [4.78, 5) is 12.9. The lowest BCUT2D eigenvalue weighted by atomic mass is 10.1. The molecule has 0 fully saturated rings. The van der Waals surface area contributed by atoms with Gasteiger partial charge in [0.2, 0.25) is 5.55 Å². The number of benzene rings is 3. The normalized spacial score (nSPS) is 11.4. The van der Waals surface area contributed by atoms with Crippen molar-refractivity contribution in [2.45, 2.75) is 0 Å². The Morgan fingerprint density at radius 3 is 2.52 bits per heavy atom. The molecule has 0 saturated heterocycles. The van der Waals surface area contributed by atoms with Crippen molar-refractivity contribution >= 4 is 44.2 Å². The monoisotopic (exact) mass is 449 g/mol. The first-order valence-corrected chi connectivity index (χ1v) is 9.56. The molecule has 6 nitrogen and oxygen atoms in total. The Morgan fingerprint density at radius 1 is 0.931 bits per heavy atom. The van der Waals surface area contributed by atoms with Gasteiger partial charge in [-0.1, -0.05) is 40.2 Å². The second-order valence-electron chi connectivity index (χ2n) is 6.24. The first-order valence-electron chi connectivity index (χ1n) is 8.77. The third kappa shape index (κ3) is 4.47. The van der Waals surface area contributed by atoms with Gasteiger partial charge in [0, 0.05) is 21.6 Å². The number of hydrogen-bond acceptors (Lipinski definition) is 5. The highest BCUT2D eigenvalue weighted by Gasteiger charge is 2.14. The largest absolute Gasteiger partial charge is 0.508 e. The molecule has 3 N–H and O–H groups in total. The van der Waals surface area contributed by atoms with Crippen LogP contribution in [0, 0.1) is 0 Å². The van der Waals surface area contributed by atoms with Crippen molar-refractivity contribution < 1.29 is 14.3 Å². The second kappa shape index (κ2) is 8.20. The molecule has 0 bridgehead atoms. The van der Waals surface area contributed by atoms with Gasteiger partial charge in [0.1, 0.15) is 16.9 Å². The van der Waals surface area contributed by atoms with Crippen LogP contribution in [0.5, 0.6) is 5.75 Å². The van der Waals surface area contributed by atoms with Crippen molar-refractivity contribution in [2.24, 2.45) is 5.10 Å². The van der Waals surface area contributed by atoms with Gasteiger partial charge < -0.3 is 14.8 Å². The maximum atomic E-state index is 12.9. The molecule has 1 aromatic heterocycles. The summed E-state index contributed by atoms with van der Waals surface area (Å²) in [5.41, 5.74) is 5.04. The van der Waals surface area contributed by atoms with Crippen LogP contribution in [0.2, 0.25) is 0 Å². The van der Waals surface area contributed by atoms with Gasteiger partial charge >= 0.3 is 0 Å². The molecule has 7 heteroatoms. The average Bonchev–Trinajstić information content (AvgIpc) is 2.72. The number of nitrogens with zero attached hydrogens (tertiary/aromatic N) is 1. The maximum absolute atomic E-state index is 12.9. The molecular weight excluding hydrogens is 434 g/mol. The molecule has 0 spiro atoms. The predicted octanol–water partition coefficient (Wildman–Crippen LogP) is 5.08. The molecule has 0 saturated carbocycles. The summed E-state index contributed by atoms with van der Waals surface area (Å²) < 4.78 is 6.67. The van der Waals surface area contributed by atoms with E-state index < -0.39 is 0 Å². The molecule has 4 aromatic rings. The van der Waals surface area contributed by atoms with Gasteiger partial charge in [-0.2, -0.15) is 0 Å². The summed E-state index contributed by atoms with van der Waals surface area (Å²) in [6.45, 7) is 0. The molecule has 0 aliphatic rings. The van der Waals surface area contributed by atoms with Crippen molar-refractivity contribution in [3.63, 3.8) is 0 Å². The van der Waals surface area contributed by atoms with Gasteiger partial charge in [-0.3, -0.25) is 10.2 Å². The first kappa shape index (κ1) is 18.8. The highest BCUT2D eigenvalue weighted by Crippen LogP contribution is 2.21. The zero-order chi connectivity index (χ0) is 20.2. The molecule has 0 aliphatic carbocycles. The number of rotatable bonds is 4. The standard InChI is InChI=1S/C22H16BrN3O3/c23-15-5-4-8-17(12-15)24-21(28)19-11-14-9-10-18(27)13-20(14)29-22(19)26-25-16-6-2-1-3-7-16/h1-13,25,27H,(H,24,28)/b26-22+. The van der Waals surface area contributed by atoms with Crippen LogP contribution in [0.3, 0.4) is 0 Å². The fourth-order valence-corrected chi connectivity index (χ4v) is 3.14. The Balaban J connectivity index is 1.77. The lowest BCUT2D eigenvalue weighted by Crippen LogP contribution is -2.22. The Labute approximate surface area is 174 Å². The Kier molecular flexibility index (Phi) is 5.31. The van der Waals surface area contributed by atoms with Crippen LogP contribution in [0.4, 0.5) is 11.4 Å². The zero-order valence-electron chi connectivity index (χ0n) is 15.1. The number of carbonyl (C=O) groups excluding carboxylic acids is 1. The average molecular weight is 450 g/mol. The second-order valence-corrected chi connectivity index (χ2v) is 7.16. The molecule has 0 unspecified atom stereocenters. The number of anilines is 2. The molecule has 1 heterocycles. The van der Waals surface area contributed by atoms with Gasteiger partial charge in [0.15, 0.2) is 0 Å². The van der Waals surface area contributed by atoms with E-state index in [2.05, 4.69) is 31.8 Å². The highest BCUT2D eigenvalue weighted by molar-refractivity contribution is 9.10. The number of nitrogens with one attached hydrogen (secondary N) is 2. The smallest absolute Gasteiger partial charge is 0.261 e. The Bertz CT molecular complexity index is 1250. The summed E-state index contributed by atoms with van der Waals surface area (Å²) in [7, 11) is 0. The van der Waals surface area contributed by atoms with Crippen LogP contribution < -0.4 is 16.3 Å². The fraction of sp³-hybridized carbons (Fsp3) is 0. The minimum absolute atomic E-state index is 0.0644. The van der Waals surface area contributed by atoms with Crippen LogP contribution in [0.1, 0.15) is 10.4 Å². The number of para-hydroxylation sites is 1. The molecule has 0 aliphatic heterocycles. The highest BCUT2D eigenvalue weighted by atomic mass is 79.9. The Morgan fingerprint density at radius 2 is 1.72 bits per heavy atom. The first-order chi connectivity index (χ1) is 14.1. The number of carbonyl (C=O) groups is 1. The van der Waals surface area contributed by atoms with E-state index in [9.17, 15) is 9.90 Å². The van der Waals surface area contributed by atoms with E-state index in [1.807, 2.05) is 42.5 Å². The summed E-state index contributed by atoms with van der Waals surface area (Å²) >= 11 is 3.39. The topological polar surface area (TPSA) is 86.9 Å². The van der Waals surface area contributed by atoms with E-state index in [-0.39, 0.29) is 22.8 Å². The summed E-state index contributed by atoms with van der Waals surface area (Å²) in [5.74, 6) is -0.301. The van der Waals surface area contributed by atoms with E-state index in [0.29, 0.717) is 16.7 Å². The van der Waals surface area contributed by atoms with Crippen molar-refractivity contribution in [3.05, 3.63) is 94.5 Å². The van der Waals surface area contributed by atoms with Crippen LogP contribution in [0.25, 0.3) is 11.0 Å². The van der Waals surface area contributed by atoms with Crippen molar-refractivity contribution in [2.75, 3.05) is 10.7 Å². The molecule has 144 valence electrons. The van der Waals surface area contributed by atoms with E-state index >= 15 is 0 Å². The summed E-state index contributed by atoms with van der Waals surface area (Å²) in [6, 6.07) is 23.0. The van der Waals surface area contributed by atoms with Gasteiger partial charge in [-0.15, -0.1) is 5.10 Å². The van der Waals surface area contributed by atoms with Gasteiger partial charge in [-0.25, -0.2) is 0 Å². The molecule has 0 radical (unpaired) electrons. The Hall–Kier alpha value is -3.58.